The molecule has 1 aliphatic heterocycles. The number of hydrogen-bond donors (Lipinski definition) is 1. The molecule has 1 fully saturated rings. The summed E-state index contributed by atoms with van der Waals surface area (Å²) in [6.07, 6.45) is 2.22. The zero-order valence-corrected chi connectivity index (χ0v) is 20.2. The van der Waals surface area contributed by atoms with Gasteiger partial charge in [0.1, 0.15) is 0 Å². The summed E-state index contributed by atoms with van der Waals surface area (Å²) in [4.78, 5) is 17.1. The molecule has 2 aromatic heterocycles. The molecule has 0 spiro atoms. The number of rotatable bonds is 7. The average molecular weight is 498 g/mol. The van der Waals surface area contributed by atoms with Gasteiger partial charge in [0.2, 0.25) is 27.7 Å². The summed E-state index contributed by atoms with van der Waals surface area (Å²) in [6, 6.07) is 12.6. The van der Waals surface area contributed by atoms with Crippen molar-refractivity contribution in [3.8, 4) is 11.5 Å². The van der Waals surface area contributed by atoms with Gasteiger partial charge < -0.3 is 9.73 Å². The van der Waals surface area contributed by atoms with E-state index in [2.05, 4.69) is 20.5 Å². The Morgan fingerprint density at radius 2 is 1.88 bits per heavy atom. The van der Waals surface area contributed by atoms with Crippen molar-refractivity contribution in [3.63, 3.8) is 0 Å². The molecule has 1 saturated heterocycles. The Hall–Kier alpha value is -3.15. The highest BCUT2D eigenvalue weighted by molar-refractivity contribution is 7.89. The van der Waals surface area contributed by atoms with E-state index < -0.39 is 10.0 Å². The number of sulfonamides is 1. The fourth-order valence-electron chi connectivity index (χ4n) is 3.77. The van der Waals surface area contributed by atoms with Gasteiger partial charge in [0.05, 0.1) is 15.1 Å². The summed E-state index contributed by atoms with van der Waals surface area (Å²) in [5.74, 6) is 0.562. The molecular weight excluding hydrogens is 474 g/mol. The van der Waals surface area contributed by atoms with Crippen molar-refractivity contribution in [1.29, 1.82) is 0 Å². The van der Waals surface area contributed by atoms with Crippen molar-refractivity contribution >= 4 is 42.6 Å². The van der Waals surface area contributed by atoms with Gasteiger partial charge in [0.15, 0.2) is 5.13 Å². The third-order valence-electron chi connectivity index (χ3n) is 5.64. The SMILES string of the molecule is Cc1ccc(-c2nnc(CCC(=O)Nc3nc4ccc(S(=O)(=O)N5CCCC5)cc4s3)o2)cc1. The molecule has 0 radical (unpaired) electrons. The number of carbonyl (C=O) groups is 1. The highest BCUT2D eigenvalue weighted by Crippen LogP contribution is 2.30. The van der Waals surface area contributed by atoms with Gasteiger partial charge in [-0.05, 0) is 50.1 Å². The van der Waals surface area contributed by atoms with Crippen LogP contribution in [0.25, 0.3) is 21.7 Å². The number of fused-ring (bicyclic) bond motifs is 1. The first-order chi connectivity index (χ1) is 16.4. The molecule has 9 nitrogen and oxygen atoms in total. The van der Waals surface area contributed by atoms with E-state index >= 15 is 0 Å². The molecule has 4 aromatic rings. The van der Waals surface area contributed by atoms with Crippen molar-refractivity contribution < 1.29 is 17.6 Å². The highest BCUT2D eigenvalue weighted by Gasteiger charge is 2.27. The summed E-state index contributed by atoms with van der Waals surface area (Å²) in [6.45, 7) is 3.11. The van der Waals surface area contributed by atoms with Crippen molar-refractivity contribution in [2.24, 2.45) is 0 Å². The fraction of sp³-hybridized carbons (Fsp3) is 0.304. The van der Waals surface area contributed by atoms with Crippen molar-refractivity contribution in [2.75, 3.05) is 18.4 Å². The van der Waals surface area contributed by atoms with Crippen LogP contribution in [0.2, 0.25) is 0 Å². The summed E-state index contributed by atoms with van der Waals surface area (Å²) < 4.78 is 33.5. The summed E-state index contributed by atoms with van der Waals surface area (Å²) >= 11 is 1.25. The molecule has 0 aliphatic carbocycles. The van der Waals surface area contributed by atoms with Crippen LogP contribution < -0.4 is 5.32 Å². The van der Waals surface area contributed by atoms with Crippen LogP contribution in [0, 0.1) is 6.92 Å². The Morgan fingerprint density at radius 1 is 1.12 bits per heavy atom. The van der Waals surface area contributed by atoms with Crippen molar-refractivity contribution in [3.05, 3.63) is 53.9 Å². The molecular formula is C23H23N5O4S2. The topological polar surface area (TPSA) is 118 Å². The number of carbonyl (C=O) groups excluding carboxylic acids is 1. The molecule has 0 atom stereocenters. The predicted molar refractivity (Wildman–Crippen MR) is 129 cm³/mol. The minimum Gasteiger partial charge on any atom is -0.421 e. The van der Waals surface area contributed by atoms with Gasteiger partial charge in [-0.25, -0.2) is 13.4 Å². The Bertz CT molecular complexity index is 1440. The van der Waals surface area contributed by atoms with Crippen molar-refractivity contribution in [2.45, 2.75) is 37.5 Å². The summed E-state index contributed by atoms with van der Waals surface area (Å²) in [5, 5.41) is 11.3. The van der Waals surface area contributed by atoms with E-state index in [-0.39, 0.29) is 17.2 Å². The Labute approximate surface area is 200 Å². The number of hydrogen-bond acceptors (Lipinski definition) is 8. The van der Waals surface area contributed by atoms with Crippen LogP contribution in [-0.2, 0) is 21.2 Å². The Morgan fingerprint density at radius 3 is 2.65 bits per heavy atom. The van der Waals surface area contributed by atoms with Gasteiger partial charge in [-0.1, -0.05) is 29.0 Å². The van der Waals surface area contributed by atoms with Gasteiger partial charge in [-0.15, -0.1) is 10.2 Å². The van der Waals surface area contributed by atoms with Gasteiger partial charge in [0, 0.05) is 31.5 Å². The lowest BCUT2D eigenvalue weighted by Gasteiger charge is -2.15. The van der Waals surface area contributed by atoms with Gasteiger partial charge in [0.25, 0.3) is 0 Å². The first-order valence-electron chi connectivity index (χ1n) is 11.0. The standard InChI is InChI=1S/C23H23N5O4S2/c1-15-4-6-16(7-5-15)22-27-26-21(32-22)11-10-20(29)25-23-24-18-9-8-17(14-19(18)33-23)34(30,31)28-12-2-3-13-28/h4-9,14H,2-3,10-13H2,1H3,(H,24,25,29). The number of benzene rings is 2. The smallest absolute Gasteiger partial charge is 0.247 e. The van der Waals surface area contributed by atoms with E-state index in [1.54, 1.807) is 18.2 Å². The number of amides is 1. The van der Waals surface area contributed by atoms with E-state index in [4.69, 9.17) is 4.42 Å². The van der Waals surface area contributed by atoms with E-state index in [1.165, 1.54) is 15.6 Å². The lowest BCUT2D eigenvalue weighted by atomic mass is 10.1. The van der Waals surface area contributed by atoms with Crippen LogP contribution in [0.4, 0.5) is 5.13 Å². The fourth-order valence-corrected chi connectivity index (χ4v) is 6.31. The molecule has 0 unspecified atom stereocenters. The van der Waals surface area contributed by atoms with Crippen LogP contribution in [0.5, 0.6) is 0 Å². The lowest BCUT2D eigenvalue weighted by Crippen LogP contribution is -2.27. The average Bonchev–Trinajstić information content (AvgIpc) is 3.58. The first-order valence-corrected chi connectivity index (χ1v) is 13.2. The van der Waals surface area contributed by atoms with Crippen LogP contribution in [0.15, 0.2) is 51.8 Å². The Balaban J connectivity index is 1.22. The highest BCUT2D eigenvalue weighted by atomic mass is 32.2. The van der Waals surface area contributed by atoms with Gasteiger partial charge in [-0.2, -0.15) is 4.31 Å². The van der Waals surface area contributed by atoms with Gasteiger partial charge in [-0.3, -0.25) is 4.79 Å². The zero-order valence-electron chi connectivity index (χ0n) is 18.5. The maximum Gasteiger partial charge on any atom is 0.247 e. The van der Waals surface area contributed by atoms with Crippen molar-refractivity contribution in [1.82, 2.24) is 19.5 Å². The second-order valence-electron chi connectivity index (χ2n) is 8.17. The molecule has 1 N–H and O–H groups in total. The monoisotopic (exact) mass is 497 g/mol. The van der Waals surface area contributed by atoms with E-state index in [0.29, 0.717) is 46.6 Å². The molecule has 0 saturated carbocycles. The van der Waals surface area contributed by atoms with Crippen LogP contribution in [0.3, 0.4) is 0 Å². The Kier molecular flexibility index (Phi) is 6.15. The number of aromatic nitrogens is 3. The quantitative estimate of drug-likeness (QED) is 0.410. The van der Waals surface area contributed by atoms with Crippen LogP contribution in [0.1, 0.15) is 30.7 Å². The molecule has 1 amide bonds. The number of nitrogens with one attached hydrogen (secondary N) is 1. The second kappa shape index (κ2) is 9.24. The van der Waals surface area contributed by atoms with Crippen LogP contribution >= 0.6 is 11.3 Å². The van der Waals surface area contributed by atoms with Crippen LogP contribution in [-0.4, -0.2) is 46.9 Å². The minimum absolute atomic E-state index is 0.153. The molecule has 3 heterocycles. The molecule has 1 aliphatic rings. The largest absolute Gasteiger partial charge is 0.421 e. The minimum atomic E-state index is -3.50. The molecule has 0 bridgehead atoms. The maximum absolute atomic E-state index is 12.8. The van der Waals surface area contributed by atoms with E-state index in [0.717, 1.165) is 24.0 Å². The van der Waals surface area contributed by atoms with E-state index in [9.17, 15) is 13.2 Å². The number of anilines is 1. The molecule has 34 heavy (non-hydrogen) atoms. The summed E-state index contributed by atoms with van der Waals surface area (Å²) in [5.41, 5.74) is 2.61. The predicted octanol–water partition coefficient (Wildman–Crippen LogP) is 4.01. The molecule has 176 valence electrons. The number of aryl methyl sites for hydroxylation is 2. The third kappa shape index (κ3) is 4.72. The number of thiazole rings is 1. The maximum atomic E-state index is 12.8. The summed E-state index contributed by atoms with van der Waals surface area (Å²) in [7, 11) is -3.50. The zero-order chi connectivity index (χ0) is 23.7. The van der Waals surface area contributed by atoms with Gasteiger partial charge >= 0.3 is 0 Å². The first kappa shape index (κ1) is 22.6. The molecule has 2 aromatic carbocycles. The second-order valence-corrected chi connectivity index (χ2v) is 11.1. The normalized spacial score (nSPS) is 14.6. The number of nitrogens with zero attached hydrogens (tertiary/aromatic N) is 4. The third-order valence-corrected chi connectivity index (χ3v) is 8.47. The van der Waals surface area contributed by atoms with E-state index in [1.807, 2.05) is 31.2 Å². The molecule has 11 heteroatoms. The lowest BCUT2D eigenvalue weighted by molar-refractivity contribution is -0.116. The molecule has 5 rings (SSSR count).